The molecule has 2 aromatic carbocycles. The summed E-state index contributed by atoms with van der Waals surface area (Å²) in [4.78, 5) is 2.46. The van der Waals surface area contributed by atoms with Gasteiger partial charge in [-0.3, -0.25) is 4.90 Å². The van der Waals surface area contributed by atoms with Gasteiger partial charge in [0.15, 0.2) is 0 Å². The van der Waals surface area contributed by atoms with Gasteiger partial charge in [-0.15, -0.1) is 0 Å². The van der Waals surface area contributed by atoms with E-state index < -0.39 is 0 Å². The van der Waals surface area contributed by atoms with Gasteiger partial charge in [0.2, 0.25) is 0 Å². The highest BCUT2D eigenvalue weighted by molar-refractivity contribution is 6.35. The minimum Gasteiger partial charge on any atom is -0.494 e. The molecule has 0 spiro atoms. The Hall–Kier alpha value is -1.26. The normalized spacial score (nSPS) is 16.8. The maximum Gasteiger partial charge on any atom is 0.119 e. The molecule has 5 heteroatoms. The molecule has 0 aromatic heterocycles. The number of nitrogens with zero attached hydrogens (tertiary/aromatic N) is 1. The SMILES string of the molecule is CCOc1ccc(C(c2ccc(Cl)cc2Cl)N2CCNCC2)cc1. The molecule has 1 heterocycles. The maximum absolute atomic E-state index is 6.52. The molecule has 2 aromatic rings. The molecule has 1 aliphatic rings. The molecular formula is C19H22Cl2N2O. The molecule has 0 aliphatic carbocycles. The molecular weight excluding hydrogens is 343 g/mol. The highest BCUT2D eigenvalue weighted by Crippen LogP contribution is 2.35. The second-order valence-corrected chi connectivity index (χ2v) is 6.70. The fourth-order valence-corrected chi connectivity index (χ4v) is 3.68. The second-order valence-electron chi connectivity index (χ2n) is 5.86. The van der Waals surface area contributed by atoms with E-state index in [1.807, 2.05) is 37.3 Å². The van der Waals surface area contributed by atoms with Gasteiger partial charge in [-0.25, -0.2) is 0 Å². The minimum absolute atomic E-state index is 0.118. The molecule has 3 rings (SSSR count). The van der Waals surface area contributed by atoms with E-state index in [0.29, 0.717) is 16.7 Å². The average molecular weight is 365 g/mol. The average Bonchev–Trinajstić information content (AvgIpc) is 2.60. The molecule has 0 bridgehead atoms. The summed E-state index contributed by atoms with van der Waals surface area (Å²) < 4.78 is 5.56. The van der Waals surface area contributed by atoms with Crippen LogP contribution in [0.25, 0.3) is 0 Å². The monoisotopic (exact) mass is 364 g/mol. The Labute approximate surface area is 153 Å². The van der Waals surface area contributed by atoms with Crippen molar-refractivity contribution in [2.24, 2.45) is 0 Å². The minimum atomic E-state index is 0.118. The first-order chi connectivity index (χ1) is 11.7. The van der Waals surface area contributed by atoms with Crippen LogP contribution in [0.2, 0.25) is 10.0 Å². The van der Waals surface area contributed by atoms with Crippen LogP contribution in [0, 0.1) is 0 Å². The van der Waals surface area contributed by atoms with E-state index in [2.05, 4.69) is 22.3 Å². The number of nitrogens with one attached hydrogen (secondary N) is 1. The summed E-state index contributed by atoms with van der Waals surface area (Å²) in [6.07, 6.45) is 0. The van der Waals surface area contributed by atoms with E-state index in [1.165, 1.54) is 5.56 Å². The van der Waals surface area contributed by atoms with Crippen molar-refractivity contribution < 1.29 is 4.74 Å². The highest BCUT2D eigenvalue weighted by atomic mass is 35.5. The zero-order valence-corrected chi connectivity index (χ0v) is 15.3. The van der Waals surface area contributed by atoms with E-state index in [1.54, 1.807) is 0 Å². The summed E-state index contributed by atoms with van der Waals surface area (Å²) in [6, 6.07) is 14.2. The van der Waals surface area contributed by atoms with Crippen LogP contribution in [0.4, 0.5) is 0 Å². The summed E-state index contributed by atoms with van der Waals surface area (Å²) in [5, 5.41) is 4.78. The van der Waals surface area contributed by atoms with Crippen molar-refractivity contribution >= 4 is 23.2 Å². The van der Waals surface area contributed by atoms with Gasteiger partial charge in [-0.05, 0) is 42.3 Å². The largest absolute Gasteiger partial charge is 0.494 e. The summed E-state index contributed by atoms with van der Waals surface area (Å²) in [7, 11) is 0. The van der Waals surface area contributed by atoms with Gasteiger partial charge in [-0.2, -0.15) is 0 Å². The molecule has 0 saturated carbocycles. The van der Waals surface area contributed by atoms with Crippen LogP contribution >= 0.6 is 23.2 Å². The number of benzene rings is 2. The summed E-state index contributed by atoms with van der Waals surface area (Å²) in [5.74, 6) is 0.891. The van der Waals surface area contributed by atoms with Crippen LogP contribution < -0.4 is 10.1 Å². The third-order valence-corrected chi connectivity index (χ3v) is 4.84. The Morgan fingerprint density at radius 2 is 1.79 bits per heavy atom. The van der Waals surface area contributed by atoms with Gasteiger partial charge >= 0.3 is 0 Å². The number of piperazine rings is 1. The van der Waals surface area contributed by atoms with Crippen molar-refractivity contribution in [2.45, 2.75) is 13.0 Å². The second kappa shape index (κ2) is 8.21. The molecule has 0 amide bonds. The lowest BCUT2D eigenvalue weighted by Crippen LogP contribution is -2.45. The smallest absolute Gasteiger partial charge is 0.119 e. The Bertz CT molecular complexity index is 670. The first-order valence-corrected chi connectivity index (χ1v) is 9.07. The Morgan fingerprint density at radius 1 is 1.08 bits per heavy atom. The van der Waals surface area contributed by atoms with Gasteiger partial charge in [-0.1, -0.05) is 41.4 Å². The standard InChI is InChI=1S/C19H22Cl2N2O/c1-2-24-16-6-3-14(4-7-16)19(23-11-9-22-10-12-23)17-8-5-15(20)13-18(17)21/h3-8,13,19,22H,2,9-12H2,1H3. The molecule has 1 aliphatic heterocycles. The van der Waals surface area contributed by atoms with E-state index in [0.717, 1.165) is 37.5 Å². The van der Waals surface area contributed by atoms with Crippen molar-refractivity contribution in [1.29, 1.82) is 0 Å². The number of halogens is 2. The lowest BCUT2D eigenvalue weighted by molar-refractivity contribution is 0.198. The van der Waals surface area contributed by atoms with Crippen molar-refractivity contribution in [3.63, 3.8) is 0 Å². The van der Waals surface area contributed by atoms with Crippen molar-refractivity contribution in [3.05, 3.63) is 63.6 Å². The molecule has 0 radical (unpaired) electrons. The Kier molecular flexibility index (Phi) is 6.01. The molecule has 1 fully saturated rings. The fourth-order valence-electron chi connectivity index (χ4n) is 3.16. The van der Waals surface area contributed by atoms with Crippen LogP contribution in [0.3, 0.4) is 0 Å². The van der Waals surface area contributed by atoms with Gasteiger partial charge in [0, 0.05) is 36.2 Å². The number of hydrogen-bond acceptors (Lipinski definition) is 3. The molecule has 1 unspecified atom stereocenters. The topological polar surface area (TPSA) is 24.5 Å². The molecule has 3 nitrogen and oxygen atoms in total. The lowest BCUT2D eigenvalue weighted by atomic mass is 9.96. The van der Waals surface area contributed by atoms with Gasteiger partial charge in [0.25, 0.3) is 0 Å². The predicted octanol–water partition coefficient (Wildman–Crippen LogP) is 4.39. The van der Waals surface area contributed by atoms with Crippen LogP contribution in [-0.2, 0) is 0 Å². The van der Waals surface area contributed by atoms with Gasteiger partial charge in [0.05, 0.1) is 12.6 Å². The third kappa shape index (κ3) is 4.04. The van der Waals surface area contributed by atoms with E-state index in [-0.39, 0.29) is 6.04 Å². The van der Waals surface area contributed by atoms with Gasteiger partial charge in [0.1, 0.15) is 5.75 Å². The van der Waals surface area contributed by atoms with Crippen LogP contribution in [0.5, 0.6) is 5.75 Å². The molecule has 24 heavy (non-hydrogen) atoms. The van der Waals surface area contributed by atoms with E-state index in [4.69, 9.17) is 27.9 Å². The fraction of sp³-hybridized carbons (Fsp3) is 0.368. The molecule has 128 valence electrons. The van der Waals surface area contributed by atoms with Crippen LogP contribution in [0.1, 0.15) is 24.1 Å². The first kappa shape index (κ1) is 17.6. The summed E-state index contributed by atoms with van der Waals surface area (Å²) in [5.41, 5.74) is 2.30. The number of hydrogen-bond donors (Lipinski definition) is 1. The zero-order valence-electron chi connectivity index (χ0n) is 13.8. The van der Waals surface area contributed by atoms with Crippen LogP contribution in [-0.4, -0.2) is 37.7 Å². The van der Waals surface area contributed by atoms with E-state index in [9.17, 15) is 0 Å². The summed E-state index contributed by atoms with van der Waals surface area (Å²) >= 11 is 12.6. The van der Waals surface area contributed by atoms with Crippen molar-refractivity contribution in [2.75, 3.05) is 32.8 Å². The molecule has 1 saturated heterocycles. The maximum atomic E-state index is 6.52. The highest BCUT2D eigenvalue weighted by Gasteiger charge is 2.25. The summed E-state index contributed by atoms with van der Waals surface area (Å²) in [6.45, 7) is 6.60. The van der Waals surface area contributed by atoms with Crippen molar-refractivity contribution in [3.8, 4) is 5.75 Å². The zero-order chi connectivity index (χ0) is 16.9. The number of rotatable bonds is 5. The van der Waals surface area contributed by atoms with E-state index >= 15 is 0 Å². The third-order valence-electron chi connectivity index (χ3n) is 4.28. The number of ether oxygens (including phenoxy) is 1. The van der Waals surface area contributed by atoms with Gasteiger partial charge < -0.3 is 10.1 Å². The molecule has 1 atom stereocenters. The Balaban J connectivity index is 1.97. The lowest BCUT2D eigenvalue weighted by Gasteiger charge is -2.36. The first-order valence-electron chi connectivity index (χ1n) is 8.31. The van der Waals surface area contributed by atoms with Crippen molar-refractivity contribution in [1.82, 2.24) is 10.2 Å². The predicted molar refractivity (Wildman–Crippen MR) is 100 cm³/mol. The molecule has 1 N–H and O–H groups in total. The van der Waals surface area contributed by atoms with Crippen LogP contribution in [0.15, 0.2) is 42.5 Å². The quantitative estimate of drug-likeness (QED) is 0.851. The Morgan fingerprint density at radius 3 is 2.42 bits per heavy atom.